The van der Waals surface area contributed by atoms with Crippen LogP contribution < -0.4 is 10.1 Å². The lowest BCUT2D eigenvalue weighted by Crippen LogP contribution is -2.19. The quantitative estimate of drug-likeness (QED) is 0.878. The fourth-order valence-corrected chi connectivity index (χ4v) is 1.65. The van der Waals surface area contributed by atoms with Crippen molar-refractivity contribution in [2.75, 3.05) is 11.9 Å². The lowest BCUT2D eigenvalue weighted by molar-refractivity contribution is -0.153. The zero-order chi connectivity index (χ0) is 15.3. The van der Waals surface area contributed by atoms with E-state index in [0.29, 0.717) is 6.54 Å². The highest BCUT2D eigenvalue weighted by Crippen LogP contribution is 2.20. The van der Waals surface area contributed by atoms with Crippen molar-refractivity contribution in [2.45, 2.75) is 12.7 Å². The molecule has 0 heterocycles. The van der Waals surface area contributed by atoms with E-state index >= 15 is 0 Å². The minimum absolute atomic E-state index is 0.169. The molecule has 0 saturated carbocycles. The second-order valence-electron chi connectivity index (χ2n) is 4.45. The van der Waals surface area contributed by atoms with Crippen LogP contribution in [0.25, 0.3) is 0 Å². The van der Waals surface area contributed by atoms with Crippen LogP contribution in [0, 0.1) is 0 Å². The van der Waals surface area contributed by atoms with Gasteiger partial charge in [0.1, 0.15) is 11.5 Å². The zero-order valence-electron chi connectivity index (χ0n) is 11.0. The molecule has 0 atom stereocenters. The predicted molar refractivity (Wildman–Crippen MR) is 73.4 cm³/mol. The van der Waals surface area contributed by atoms with Crippen LogP contribution in [0.2, 0.25) is 0 Å². The van der Waals surface area contributed by atoms with E-state index in [0.717, 1.165) is 11.3 Å². The van der Waals surface area contributed by atoms with E-state index in [4.69, 9.17) is 5.11 Å². The molecular weight excluding hydrogens is 283 g/mol. The van der Waals surface area contributed by atoms with Gasteiger partial charge >= 0.3 is 6.18 Å². The Morgan fingerprint density at radius 2 is 1.57 bits per heavy atom. The summed E-state index contributed by atoms with van der Waals surface area (Å²) in [5.41, 5.74) is 1.74. The Hall–Kier alpha value is -2.37. The number of phenols is 1. The third kappa shape index (κ3) is 5.25. The normalized spacial score (nSPS) is 11.2. The van der Waals surface area contributed by atoms with Crippen molar-refractivity contribution in [3.05, 3.63) is 54.1 Å². The molecule has 0 saturated heterocycles. The highest BCUT2D eigenvalue weighted by atomic mass is 19.4. The van der Waals surface area contributed by atoms with Crippen LogP contribution >= 0.6 is 0 Å². The number of benzene rings is 2. The Morgan fingerprint density at radius 1 is 0.952 bits per heavy atom. The van der Waals surface area contributed by atoms with Crippen molar-refractivity contribution in [2.24, 2.45) is 0 Å². The summed E-state index contributed by atoms with van der Waals surface area (Å²) in [6, 6.07) is 13.0. The van der Waals surface area contributed by atoms with E-state index in [2.05, 4.69) is 10.1 Å². The number of hydrogen-bond acceptors (Lipinski definition) is 3. The lowest BCUT2D eigenvalue weighted by Gasteiger charge is -2.10. The van der Waals surface area contributed by atoms with Crippen molar-refractivity contribution in [1.82, 2.24) is 0 Å². The molecule has 3 nitrogen and oxygen atoms in total. The number of phenolic OH excluding ortho intramolecular Hbond substituents is 1. The first-order valence-electron chi connectivity index (χ1n) is 6.24. The first kappa shape index (κ1) is 15.0. The summed E-state index contributed by atoms with van der Waals surface area (Å²) in [4.78, 5) is 0. The second kappa shape index (κ2) is 6.39. The molecule has 21 heavy (non-hydrogen) atoms. The molecule has 2 aromatic carbocycles. The Bertz CT molecular complexity index is 565. The van der Waals surface area contributed by atoms with Gasteiger partial charge in [0.05, 0.1) is 0 Å². The van der Waals surface area contributed by atoms with Crippen LogP contribution in [0.1, 0.15) is 5.56 Å². The third-order valence-corrected chi connectivity index (χ3v) is 2.69. The number of rotatable bonds is 5. The van der Waals surface area contributed by atoms with E-state index in [1.54, 1.807) is 36.4 Å². The van der Waals surface area contributed by atoms with Gasteiger partial charge in [0.15, 0.2) is 6.61 Å². The molecule has 0 aromatic heterocycles. The summed E-state index contributed by atoms with van der Waals surface area (Å²) in [6.07, 6.45) is -4.34. The van der Waals surface area contributed by atoms with Gasteiger partial charge in [-0.05, 0) is 42.0 Å². The molecule has 0 aliphatic rings. The average Bonchev–Trinajstić information content (AvgIpc) is 2.45. The van der Waals surface area contributed by atoms with Crippen molar-refractivity contribution < 1.29 is 23.0 Å². The molecule has 6 heteroatoms. The number of ether oxygens (including phenoxy) is 1. The molecule has 0 radical (unpaired) electrons. The van der Waals surface area contributed by atoms with Gasteiger partial charge in [-0.25, -0.2) is 0 Å². The number of anilines is 1. The molecule has 2 aromatic rings. The topological polar surface area (TPSA) is 41.5 Å². The van der Waals surface area contributed by atoms with Crippen LogP contribution in [0.15, 0.2) is 48.5 Å². The lowest BCUT2D eigenvalue weighted by atomic mass is 10.2. The summed E-state index contributed by atoms with van der Waals surface area (Å²) in [5, 5.41) is 12.3. The van der Waals surface area contributed by atoms with Crippen LogP contribution in [0.3, 0.4) is 0 Å². The number of nitrogens with one attached hydrogen (secondary N) is 1. The van der Waals surface area contributed by atoms with Crippen molar-refractivity contribution in [3.63, 3.8) is 0 Å². The zero-order valence-corrected chi connectivity index (χ0v) is 11.0. The summed E-state index contributed by atoms with van der Waals surface area (Å²) < 4.78 is 40.6. The molecule has 0 unspecified atom stereocenters. The van der Waals surface area contributed by atoms with Crippen LogP contribution in [0.4, 0.5) is 18.9 Å². The molecule has 0 spiro atoms. The molecule has 2 rings (SSSR count). The van der Waals surface area contributed by atoms with Gasteiger partial charge in [0.2, 0.25) is 0 Å². The van der Waals surface area contributed by atoms with E-state index in [1.165, 1.54) is 12.1 Å². The van der Waals surface area contributed by atoms with E-state index in [1.807, 2.05) is 0 Å². The van der Waals surface area contributed by atoms with Gasteiger partial charge in [-0.3, -0.25) is 0 Å². The highest BCUT2D eigenvalue weighted by molar-refractivity contribution is 5.47. The maximum absolute atomic E-state index is 12.0. The van der Waals surface area contributed by atoms with E-state index in [-0.39, 0.29) is 11.5 Å². The van der Waals surface area contributed by atoms with Gasteiger partial charge in [-0.1, -0.05) is 12.1 Å². The van der Waals surface area contributed by atoms with Gasteiger partial charge in [0, 0.05) is 12.2 Å². The number of alkyl halides is 3. The summed E-state index contributed by atoms with van der Waals surface area (Å²) in [7, 11) is 0. The smallest absolute Gasteiger partial charge is 0.422 e. The fourth-order valence-electron chi connectivity index (χ4n) is 1.65. The Morgan fingerprint density at radius 3 is 2.14 bits per heavy atom. The van der Waals surface area contributed by atoms with E-state index < -0.39 is 12.8 Å². The summed E-state index contributed by atoms with van der Waals surface area (Å²) in [6.45, 7) is -0.754. The maximum Gasteiger partial charge on any atom is 0.422 e. The first-order valence-corrected chi connectivity index (χ1v) is 6.24. The maximum atomic E-state index is 12.0. The molecule has 112 valence electrons. The van der Waals surface area contributed by atoms with Gasteiger partial charge in [-0.2, -0.15) is 13.2 Å². The molecule has 0 aliphatic heterocycles. The minimum Gasteiger partial charge on any atom is -0.508 e. The standard InChI is InChI=1S/C15H14F3NO2/c16-15(17,18)10-21-14-7-3-12(4-8-14)19-9-11-1-5-13(20)6-2-11/h1-8,19-20H,9-10H2. The molecule has 2 N–H and O–H groups in total. The van der Waals surface area contributed by atoms with Crippen LogP contribution in [-0.4, -0.2) is 17.9 Å². The molecule has 0 amide bonds. The molecule has 0 bridgehead atoms. The van der Waals surface area contributed by atoms with Gasteiger partial charge in [-0.15, -0.1) is 0 Å². The highest BCUT2D eigenvalue weighted by Gasteiger charge is 2.28. The number of halogens is 3. The Kier molecular flexibility index (Phi) is 4.57. The summed E-state index contributed by atoms with van der Waals surface area (Å²) >= 11 is 0. The average molecular weight is 297 g/mol. The molecule has 0 aliphatic carbocycles. The van der Waals surface area contributed by atoms with Gasteiger partial charge < -0.3 is 15.2 Å². The number of aromatic hydroxyl groups is 1. The fraction of sp³-hybridized carbons (Fsp3) is 0.200. The minimum atomic E-state index is -4.34. The molecule has 0 fully saturated rings. The van der Waals surface area contributed by atoms with E-state index in [9.17, 15) is 13.2 Å². The molecular formula is C15H14F3NO2. The SMILES string of the molecule is Oc1ccc(CNc2ccc(OCC(F)(F)F)cc2)cc1. The van der Waals surface area contributed by atoms with Crippen LogP contribution in [-0.2, 0) is 6.54 Å². The van der Waals surface area contributed by atoms with Crippen molar-refractivity contribution in [1.29, 1.82) is 0 Å². The first-order chi connectivity index (χ1) is 9.92. The Labute approximate surface area is 120 Å². The third-order valence-electron chi connectivity index (χ3n) is 2.69. The van der Waals surface area contributed by atoms with Gasteiger partial charge in [0.25, 0.3) is 0 Å². The van der Waals surface area contributed by atoms with Crippen molar-refractivity contribution >= 4 is 5.69 Å². The second-order valence-corrected chi connectivity index (χ2v) is 4.45. The monoisotopic (exact) mass is 297 g/mol. The summed E-state index contributed by atoms with van der Waals surface area (Å²) in [5.74, 6) is 0.368. The van der Waals surface area contributed by atoms with Crippen molar-refractivity contribution in [3.8, 4) is 11.5 Å². The number of hydrogen-bond donors (Lipinski definition) is 2. The Balaban J connectivity index is 1.86. The predicted octanol–water partition coefficient (Wildman–Crippen LogP) is 3.95. The van der Waals surface area contributed by atoms with Crippen LogP contribution in [0.5, 0.6) is 11.5 Å². The largest absolute Gasteiger partial charge is 0.508 e.